The molecule has 2 heteroatoms. The predicted octanol–water partition coefficient (Wildman–Crippen LogP) is 5.95. The van der Waals surface area contributed by atoms with E-state index in [1.165, 1.54) is 51.4 Å². The summed E-state index contributed by atoms with van der Waals surface area (Å²) < 4.78 is 6.28. The van der Waals surface area contributed by atoms with E-state index in [1.807, 2.05) is 0 Å². The number of hydrogen-bond acceptors (Lipinski definition) is 1. The van der Waals surface area contributed by atoms with E-state index in [2.05, 4.69) is 43.6 Å². The Hall–Kier alpha value is 0.440. The maximum absolute atomic E-state index is 6.28. The third-order valence-corrected chi connectivity index (χ3v) is 5.79. The van der Waals surface area contributed by atoms with E-state index in [9.17, 15) is 0 Å². The molecule has 0 aromatic carbocycles. The van der Waals surface area contributed by atoms with Gasteiger partial charge in [-0.2, -0.15) is 0 Å². The minimum absolute atomic E-state index is 0.133. The Morgan fingerprint density at radius 3 is 2.21 bits per heavy atom. The van der Waals surface area contributed by atoms with Gasteiger partial charge in [0.1, 0.15) is 0 Å². The molecule has 1 saturated carbocycles. The van der Waals surface area contributed by atoms with Crippen LogP contribution in [0.4, 0.5) is 0 Å². The first kappa shape index (κ1) is 17.5. The van der Waals surface area contributed by atoms with Gasteiger partial charge < -0.3 is 4.74 Å². The lowest BCUT2D eigenvalue weighted by Crippen LogP contribution is -2.41. The highest BCUT2D eigenvalue weighted by Gasteiger charge is 2.38. The minimum Gasteiger partial charge on any atom is -0.374 e. The molecule has 0 radical (unpaired) electrons. The van der Waals surface area contributed by atoms with Crippen molar-refractivity contribution in [2.24, 2.45) is 11.3 Å². The summed E-state index contributed by atoms with van der Waals surface area (Å²) in [6.45, 7) is 10.3. The van der Waals surface area contributed by atoms with E-state index in [0.29, 0.717) is 5.41 Å². The normalized spacial score (nSPS) is 28.6. The lowest BCUT2D eigenvalue weighted by molar-refractivity contribution is -0.0700. The Balaban J connectivity index is 2.34. The summed E-state index contributed by atoms with van der Waals surface area (Å²) in [5, 5.41) is 1.00. The summed E-state index contributed by atoms with van der Waals surface area (Å²) in [5.74, 6) is 0.864. The molecule has 0 bridgehead atoms. The third-order valence-electron chi connectivity index (χ3n) is 4.77. The van der Waals surface area contributed by atoms with Crippen molar-refractivity contribution in [3.05, 3.63) is 0 Å². The largest absolute Gasteiger partial charge is 0.374 e. The molecule has 1 aliphatic carbocycles. The van der Waals surface area contributed by atoms with Crippen LogP contribution in [-0.4, -0.2) is 17.5 Å². The smallest absolute Gasteiger partial charge is 0.0779 e. The van der Waals surface area contributed by atoms with Crippen LogP contribution < -0.4 is 0 Å². The van der Waals surface area contributed by atoms with Gasteiger partial charge in [0.15, 0.2) is 0 Å². The Morgan fingerprint density at radius 1 is 1.11 bits per heavy atom. The summed E-state index contributed by atoms with van der Waals surface area (Å²) in [6, 6.07) is 0. The summed E-state index contributed by atoms with van der Waals surface area (Å²) in [6.07, 6.45) is 10.3. The molecule has 0 atom stereocenters. The highest BCUT2D eigenvalue weighted by atomic mass is 79.9. The van der Waals surface area contributed by atoms with Gasteiger partial charge in [0.2, 0.25) is 0 Å². The number of unbranched alkanes of at least 4 members (excludes halogenated alkanes) is 3. The Bertz CT molecular complexity index is 236. The lowest BCUT2D eigenvalue weighted by atomic mass is 9.69. The van der Waals surface area contributed by atoms with Gasteiger partial charge in [-0.05, 0) is 43.4 Å². The van der Waals surface area contributed by atoms with E-state index < -0.39 is 0 Å². The van der Waals surface area contributed by atoms with Crippen LogP contribution in [0.15, 0.2) is 0 Å². The molecule has 114 valence electrons. The topological polar surface area (TPSA) is 9.23 Å². The van der Waals surface area contributed by atoms with E-state index in [-0.39, 0.29) is 5.60 Å². The summed E-state index contributed by atoms with van der Waals surface area (Å²) >= 11 is 3.70. The average Bonchev–Trinajstić information content (AvgIpc) is 2.38. The first-order valence-corrected chi connectivity index (χ1v) is 9.25. The highest BCUT2D eigenvalue weighted by molar-refractivity contribution is 9.09. The van der Waals surface area contributed by atoms with Crippen LogP contribution in [0.25, 0.3) is 0 Å². The molecule has 0 aromatic rings. The van der Waals surface area contributed by atoms with Crippen LogP contribution in [0, 0.1) is 11.3 Å². The van der Waals surface area contributed by atoms with Crippen molar-refractivity contribution in [2.75, 3.05) is 11.9 Å². The fraction of sp³-hybridized carbons (Fsp3) is 1.00. The SMILES string of the molecule is CCCCCCOC1(CBr)CCC(C(C)(C)C)CC1. The molecule has 0 N–H and O–H groups in total. The van der Waals surface area contributed by atoms with Crippen molar-refractivity contribution in [1.82, 2.24) is 0 Å². The van der Waals surface area contributed by atoms with Crippen LogP contribution >= 0.6 is 15.9 Å². The predicted molar refractivity (Wildman–Crippen MR) is 88.0 cm³/mol. The number of ether oxygens (including phenoxy) is 1. The number of hydrogen-bond donors (Lipinski definition) is 0. The van der Waals surface area contributed by atoms with Gasteiger partial charge in [0, 0.05) is 11.9 Å². The molecule has 0 unspecified atom stereocenters. The fourth-order valence-electron chi connectivity index (χ4n) is 3.14. The summed E-state index contributed by atoms with van der Waals surface area (Å²) in [4.78, 5) is 0. The zero-order valence-electron chi connectivity index (χ0n) is 13.4. The Labute approximate surface area is 129 Å². The Morgan fingerprint density at radius 2 is 1.74 bits per heavy atom. The molecule has 0 saturated heterocycles. The van der Waals surface area contributed by atoms with Crippen LogP contribution in [0.5, 0.6) is 0 Å². The van der Waals surface area contributed by atoms with Gasteiger partial charge in [-0.3, -0.25) is 0 Å². The first-order chi connectivity index (χ1) is 8.93. The van der Waals surface area contributed by atoms with Gasteiger partial charge in [-0.25, -0.2) is 0 Å². The van der Waals surface area contributed by atoms with Crippen LogP contribution in [0.1, 0.15) is 79.1 Å². The molecule has 0 aromatic heterocycles. The molecular weight excluding hydrogens is 300 g/mol. The number of alkyl halides is 1. The third kappa shape index (κ3) is 5.75. The zero-order valence-corrected chi connectivity index (χ0v) is 15.0. The Kier molecular flexibility index (Phi) is 7.39. The average molecular weight is 333 g/mol. The van der Waals surface area contributed by atoms with E-state index >= 15 is 0 Å². The second-order valence-electron chi connectivity index (χ2n) is 7.37. The number of halogens is 1. The molecule has 0 heterocycles. The van der Waals surface area contributed by atoms with Gasteiger partial charge in [0.25, 0.3) is 0 Å². The molecule has 0 amide bonds. The molecule has 19 heavy (non-hydrogen) atoms. The molecule has 1 nitrogen and oxygen atoms in total. The molecule has 1 rings (SSSR count). The first-order valence-electron chi connectivity index (χ1n) is 8.13. The van der Waals surface area contributed by atoms with Crippen molar-refractivity contribution < 1.29 is 4.74 Å². The van der Waals surface area contributed by atoms with Gasteiger partial charge in [0.05, 0.1) is 5.60 Å². The van der Waals surface area contributed by atoms with E-state index in [4.69, 9.17) is 4.74 Å². The summed E-state index contributed by atoms with van der Waals surface area (Å²) in [7, 11) is 0. The van der Waals surface area contributed by atoms with Crippen molar-refractivity contribution in [3.63, 3.8) is 0 Å². The maximum Gasteiger partial charge on any atom is 0.0779 e. The minimum atomic E-state index is 0.133. The van der Waals surface area contributed by atoms with Crippen LogP contribution in [0.2, 0.25) is 0 Å². The van der Waals surface area contributed by atoms with Gasteiger partial charge >= 0.3 is 0 Å². The van der Waals surface area contributed by atoms with Crippen molar-refractivity contribution in [3.8, 4) is 0 Å². The second kappa shape index (κ2) is 8.02. The lowest BCUT2D eigenvalue weighted by Gasteiger charge is -2.43. The molecule has 0 spiro atoms. The summed E-state index contributed by atoms with van der Waals surface area (Å²) in [5.41, 5.74) is 0.591. The molecule has 1 aliphatic rings. The standard InChI is InChI=1S/C17H33BrO/c1-5-6-7-8-13-19-17(14-18)11-9-15(10-12-17)16(2,3)4/h15H,5-14H2,1-4H3. The monoisotopic (exact) mass is 332 g/mol. The highest BCUT2D eigenvalue weighted by Crippen LogP contribution is 2.43. The molecule has 0 aliphatic heterocycles. The van der Waals surface area contributed by atoms with Crippen molar-refractivity contribution >= 4 is 15.9 Å². The van der Waals surface area contributed by atoms with Crippen LogP contribution in [0.3, 0.4) is 0 Å². The van der Waals surface area contributed by atoms with Crippen LogP contribution in [-0.2, 0) is 4.74 Å². The van der Waals surface area contributed by atoms with Crippen molar-refractivity contribution in [2.45, 2.75) is 84.7 Å². The van der Waals surface area contributed by atoms with Gasteiger partial charge in [-0.15, -0.1) is 0 Å². The quantitative estimate of drug-likeness (QED) is 0.413. The van der Waals surface area contributed by atoms with E-state index in [0.717, 1.165) is 17.9 Å². The molecule has 1 fully saturated rings. The zero-order chi connectivity index (χ0) is 14.4. The maximum atomic E-state index is 6.28. The van der Waals surface area contributed by atoms with Gasteiger partial charge in [-0.1, -0.05) is 62.9 Å². The second-order valence-corrected chi connectivity index (χ2v) is 7.93. The number of rotatable bonds is 7. The molecular formula is C17H33BrO. The van der Waals surface area contributed by atoms with E-state index in [1.54, 1.807) is 0 Å². The van der Waals surface area contributed by atoms with Crippen molar-refractivity contribution in [1.29, 1.82) is 0 Å². The fourth-order valence-corrected chi connectivity index (χ4v) is 3.87.